The van der Waals surface area contributed by atoms with Gasteiger partial charge in [-0.2, -0.15) is 0 Å². The standard InChI is InChI=1S/C17H14ClN5O3S/c1-11-20-21-17(22(11)12-5-3-2-4-6-12)27-10-16(24)19-15-9-13(23(25)26)7-8-14(15)18/h2-9H,10H2,1H3,(H,19,24). The minimum absolute atomic E-state index is 0.0456. The molecule has 1 aromatic heterocycles. The number of halogens is 1. The lowest BCUT2D eigenvalue weighted by molar-refractivity contribution is -0.384. The number of nitro benzene ring substituents is 1. The monoisotopic (exact) mass is 403 g/mol. The topological polar surface area (TPSA) is 103 Å². The maximum atomic E-state index is 12.3. The number of benzene rings is 2. The summed E-state index contributed by atoms with van der Waals surface area (Å²) in [6.07, 6.45) is 0. The van der Waals surface area contributed by atoms with Crippen LogP contribution in [0.3, 0.4) is 0 Å². The first kappa shape index (κ1) is 18.9. The molecular formula is C17H14ClN5O3S. The number of carbonyl (C=O) groups is 1. The van der Waals surface area contributed by atoms with Crippen LogP contribution in [0.4, 0.5) is 11.4 Å². The summed E-state index contributed by atoms with van der Waals surface area (Å²) >= 11 is 7.21. The van der Waals surface area contributed by atoms with Gasteiger partial charge in [0.05, 0.1) is 21.4 Å². The largest absolute Gasteiger partial charge is 0.324 e. The van der Waals surface area contributed by atoms with E-state index in [0.29, 0.717) is 11.0 Å². The van der Waals surface area contributed by atoms with Gasteiger partial charge in [-0.25, -0.2) is 0 Å². The Labute approximate surface area is 163 Å². The van der Waals surface area contributed by atoms with Gasteiger partial charge in [0.1, 0.15) is 5.82 Å². The summed E-state index contributed by atoms with van der Waals surface area (Å²) in [6.45, 7) is 1.83. The number of hydrogen-bond acceptors (Lipinski definition) is 6. The highest BCUT2D eigenvalue weighted by atomic mass is 35.5. The molecule has 3 aromatic rings. The van der Waals surface area contributed by atoms with Crippen molar-refractivity contribution >= 4 is 40.6 Å². The van der Waals surface area contributed by atoms with Crippen molar-refractivity contribution < 1.29 is 9.72 Å². The summed E-state index contributed by atoms with van der Waals surface area (Å²) in [4.78, 5) is 22.6. The summed E-state index contributed by atoms with van der Waals surface area (Å²) in [5, 5.41) is 22.4. The molecule has 0 atom stereocenters. The van der Waals surface area contributed by atoms with Gasteiger partial charge in [0, 0.05) is 17.8 Å². The lowest BCUT2D eigenvalue weighted by atomic mass is 10.3. The van der Waals surface area contributed by atoms with Crippen molar-refractivity contribution in [1.29, 1.82) is 0 Å². The molecule has 0 aliphatic heterocycles. The van der Waals surface area contributed by atoms with Crippen molar-refractivity contribution in [3.05, 3.63) is 69.5 Å². The molecule has 3 rings (SSSR count). The van der Waals surface area contributed by atoms with Crippen LogP contribution in [0, 0.1) is 17.0 Å². The highest BCUT2D eigenvalue weighted by molar-refractivity contribution is 7.99. The van der Waals surface area contributed by atoms with E-state index >= 15 is 0 Å². The molecule has 1 N–H and O–H groups in total. The van der Waals surface area contributed by atoms with E-state index < -0.39 is 4.92 Å². The van der Waals surface area contributed by atoms with Crippen molar-refractivity contribution in [3.63, 3.8) is 0 Å². The van der Waals surface area contributed by atoms with Crippen LogP contribution in [0.2, 0.25) is 5.02 Å². The summed E-state index contributed by atoms with van der Waals surface area (Å²) in [7, 11) is 0. The quantitative estimate of drug-likeness (QED) is 0.380. The van der Waals surface area contributed by atoms with E-state index in [1.807, 2.05) is 41.8 Å². The molecular weight excluding hydrogens is 390 g/mol. The third-order valence-electron chi connectivity index (χ3n) is 3.58. The van der Waals surface area contributed by atoms with Gasteiger partial charge in [-0.1, -0.05) is 41.6 Å². The number of aromatic nitrogens is 3. The van der Waals surface area contributed by atoms with Gasteiger partial charge in [0.25, 0.3) is 5.69 Å². The van der Waals surface area contributed by atoms with Gasteiger partial charge < -0.3 is 5.32 Å². The second-order valence-electron chi connectivity index (χ2n) is 5.46. The molecule has 27 heavy (non-hydrogen) atoms. The predicted octanol–water partition coefficient (Wildman–Crippen LogP) is 3.87. The lowest BCUT2D eigenvalue weighted by Crippen LogP contribution is -2.15. The third kappa shape index (κ3) is 4.44. The van der Waals surface area contributed by atoms with Gasteiger partial charge in [0.15, 0.2) is 5.16 Å². The van der Waals surface area contributed by atoms with E-state index in [9.17, 15) is 14.9 Å². The Morgan fingerprint density at radius 2 is 2.00 bits per heavy atom. The first-order valence-electron chi connectivity index (χ1n) is 7.79. The number of nitro groups is 1. The molecule has 0 radical (unpaired) electrons. The molecule has 8 nitrogen and oxygen atoms in total. The maximum absolute atomic E-state index is 12.3. The van der Waals surface area contributed by atoms with Crippen LogP contribution in [0.5, 0.6) is 0 Å². The van der Waals surface area contributed by atoms with E-state index in [0.717, 1.165) is 5.69 Å². The zero-order valence-corrected chi connectivity index (χ0v) is 15.7. The van der Waals surface area contributed by atoms with Crippen LogP contribution < -0.4 is 5.32 Å². The molecule has 1 heterocycles. The van der Waals surface area contributed by atoms with Crippen molar-refractivity contribution in [3.8, 4) is 5.69 Å². The fraction of sp³-hybridized carbons (Fsp3) is 0.118. The van der Waals surface area contributed by atoms with E-state index in [2.05, 4.69) is 15.5 Å². The van der Waals surface area contributed by atoms with Gasteiger partial charge >= 0.3 is 0 Å². The Bertz CT molecular complexity index is 993. The minimum atomic E-state index is -0.550. The molecule has 0 spiro atoms. The molecule has 1 amide bonds. The second-order valence-corrected chi connectivity index (χ2v) is 6.81. The number of para-hydroxylation sites is 1. The highest BCUT2D eigenvalue weighted by Gasteiger charge is 2.15. The van der Waals surface area contributed by atoms with Crippen LogP contribution in [-0.4, -0.2) is 31.3 Å². The minimum Gasteiger partial charge on any atom is -0.324 e. The number of rotatable bonds is 6. The van der Waals surface area contributed by atoms with E-state index in [-0.39, 0.29) is 28.1 Å². The fourth-order valence-electron chi connectivity index (χ4n) is 2.35. The average molecular weight is 404 g/mol. The van der Waals surface area contributed by atoms with E-state index in [1.54, 1.807) is 0 Å². The smallest absolute Gasteiger partial charge is 0.271 e. The van der Waals surface area contributed by atoms with Crippen LogP contribution in [0.1, 0.15) is 5.82 Å². The number of hydrogen-bond donors (Lipinski definition) is 1. The predicted molar refractivity (Wildman–Crippen MR) is 104 cm³/mol. The van der Waals surface area contributed by atoms with Crippen LogP contribution in [0.25, 0.3) is 5.69 Å². The summed E-state index contributed by atoms with van der Waals surface area (Å²) in [5.41, 5.74) is 0.934. The molecule has 0 aliphatic rings. The molecule has 0 unspecified atom stereocenters. The Morgan fingerprint density at radius 1 is 1.26 bits per heavy atom. The molecule has 0 bridgehead atoms. The second kappa shape index (κ2) is 8.19. The number of nitrogens with zero attached hydrogens (tertiary/aromatic N) is 4. The fourth-order valence-corrected chi connectivity index (χ4v) is 3.31. The first-order chi connectivity index (χ1) is 13.0. The SMILES string of the molecule is Cc1nnc(SCC(=O)Nc2cc([N+](=O)[O-])ccc2Cl)n1-c1ccccc1. The first-order valence-corrected chi connectivity index (χ1v) is 9.16. The van der Waals surface area contributed by atoms with Crippen molar-refractivity contribution in [2.45, 2.75) is 12.1 Å². The average Bonchev–Trinajstić information content (AvgIpc) is 3.03. The van der Waals surface area contributed by atoms with E-state index in [4.69, 9.17) is 11.6 Å². The van der Waals surface area contributed by atoms with Crippen LogP contribution >= 0.6 is 23.4 Å². The Balaban J connectivity index is 1.71. The molecule has 10 heteroatoms. The summed E-state index contributed by atoms with van der Waals surface area (Å²) in [6, 6.07) is 13.4. The van der Waals surface area contributed by atoms with Crippen LogP contribution in [0.15, 0.2) is 53.7 Å². The van der Waals surface area contributed by atoms with Crippen molar-refractivity contribution in [2.24, 2.45) is 0 Å². The Hall–Kier alpha value is -2.91. The molecule has 2 aromatic carbocycles. The van der Waals surface area contributed by atoms with Crippen molar-refractivity contribution in [1.82, 2.24) is 14.8 Å². The number of nitrogens with one attached hydrogen (secondary N) is 1. The number of anilines is 1. The van der Waals surface area contributed by atoms with Gasteiger partial charge in [-0.15, -0.1) is 10.2 Å². The van der Waals surface area contributed by atoms with Gasteiger partial charge in [-0.3, -0.25) is 19.5 Å². The van der Waals surface area contributed by atoms with E-state index in [1.165, 1.54) is 30.0 Å². The zero-order chi connectivity index (χ0) is 19.4. The molecule has 0 aliphatic carbocycles. The van der Waals surface area contributed by atoms with Crippen LogP contribution in [-0.2, 0) is 4.79 Å². The summed E-state index contributed by atoms with van der Waals surface area (Å²) in [5.74, 6) is 0.387. The zero-order valence-electron chi connectivity index (χ0n) is 14.1. The van der Waals surface area contributed by atoms with Gasteiger partial charge in [0.2, 0.25) is 5.91 Å². The number of non-ortho nitro benzene ring substituents is 1. The number of amides is 1. The summed E-state index contributed by atoms with van der Waals surface area (Å²) < 4.78 is 1.85. The normalized spacial score (nSPS) is 10.6. The highest BCUT2D eigenvalue weighted by Crippen LogP contribution is 2.27. The third-order valence-corrected chi connectivity index (χ3v) is 4.84. The van der Waals surface area contributed by atoms with Crippen molar-refractivity contribution in [2.75, 3.05) is 11.1 Å². The number of carbonyl (C=O) groups excluding carboxylic acids is 1. The molecule has 0 saturated heterocycles. The lowest BCUT2D eigenvalue weighted by Gasteiger charge is -2.09. The Kier molecular flexibility index (Phi) is 5.72. The molecule has 0 fully saturated rings. The molecule has 138 valence electrons. The Morgan fingerprint density at radius 3 is 2.70 bits per heavy atom. The number of thioether (sulfide) groups is 1. The van der Waals surface area contributed by atoms with Gasteiger partial charge in [-0.05, 0) is 25.1 Å². The maximum Gasteiger partial charge on any atom is 0.271 e. The molecule has 0 saturated carbocycles. The number of aryl methyl sites for hydroxylation is 1.